The topological polar surface area (TPSA) is 52.6 Å². The molecule has 1 saturated heterocycles. The van der Waals surface area contributed by atoms with Crippen molar-refractivity contribution in [1.82, 2.24) is 19.8 Å². The molecule has 2 fully saturated rings. The van der Waals surface area contributed by atoms with Crippen LogP contribution < -0.4 is 4.90 Å². The summed E-state index contributed by atoms with van der Waals surface area (Å²) in [5.41, 5.74) is 1.02. The molecule has 6 nitrogen and oxygen atoms in total. The van der Waals surface area contributed by atoms with Gasteiger partial charge in [-0.2, -0.15) is 0 Å². The molecule has 0 spiro atoms. The second kappa shape index (κ2) is 9.00. The average Bonchev–Trinajstić information content (AvgIpc) is 2.68. The van der Waals surface area contributed by atoms with Gasteiger partial charge in [0.2, 0.25) is 5.91 Å². The van der Waals surface area contributed by atoms with Crippen molar-refractivity contribution in [3.05, 3.63) is 17.6 Å². The molecule has 0 aromatic carbocycles. The van der Waals surface area contributed by atoms with Crippen molar-refractivity contribution in [2.24, 2.45) is 0 Å². The highest BCUT2D eigenvalue weighted by Gasteiger charge is 2.25. The number of hydrogen-bond acceptors (Lipinski definition) is 5. The zero-order valence-corrected chi connectivity index (χ0v) is 17.4. The Kier molecular flexibility index (Phi) is 6.68. The summed E-state index contributed by atoms with van der Waals surface area (Å²) in [6.45, 7) is 10.5. The fourth-order valence-corrected chi connectivity index (χ4v) is 4.10. The summed E-state index contributed by atoms with van der Waals surface area (Å²) < 4.78 is 0. The van der Waals surface area contributed by atoms with Crippen LogP contribution in [0.1, 0.15) is 63.4 Å². The van der Waals surface area contributed by atoms with Crippen molar-refractivity contribution in [1.29, 1.82) is 0 Å². The number of amides is 1. The van der Waals surface area contributed by atoms with Crippen molar-refractivity contribution < 1.29 is 4.79 Å². The number of aryl methyl sites for hydroxylation is 1. The van der Waals surface area contributed by atoms with Gasteiger partial charge in [-0.1, -0.05) is 33.1 Å². The largest absolute Gasteiger partial charge is 0.354 e. The third-order valence-corrected chi connectivity index (χ3v) is 5.95. The van der Waals surface area contributed by atoms with E-state index >= 15 is 0 Å². The molecule has 0 N–H and O–H groups in total. The van der Waals surface area contributed by atoms with Crippen LogP contribution in [0.15, 0.2) is 6.07 Å². The number of hydrogen-bond donors (Lipinski definition) is 0. The molecule has 1 aromatic rings. The Morgan fingerprint density at radius 2 is 1.81 bits per heavy atom. The number of anilines is 1. The first kappa shape index (κ1) is 20.1. The lowest BCUT2D eigenvalue weighted by Crippen LogP contribution is -2.51. The van der Waals surface area contributed by atoms with Gasteiger partial charge in [-0.15, -0.1) is 0 Å². The number of aromatic nitrogens is 2. The molecule has 2 heterocycles. The molecule has 1 aliphatic carbocycles. The first-order valence-corrected chi connectivity index (χ1v) is 10.5. The number of carbonyl (C=O) groups excluding carboxylic acids is 1. The maximum absolute atomic E-state index is 12.7. The summed E-state index contributed by atoms with van der Waals surface area (Å²) in [6.07, 6.45) is 6.18. The van der Waals surface area contributed by atoms with Gasteiger partial charge >= 0.3 is 0 Å². The summed E-state index contributed by atoms with van der Waals surface area (Å²) in [4.78, 5) is 28.6. The minimum atomic E-state index is 0.273. The molecule has 6 heteroatoms. The van der Waals surface area contributed by atoms with Crippen molar-refractivity contribution in [2.45, 2.75) is 64.8 Å². The van der Waals surface area contributed by atoms with Gasteiger partial charge in [0.15, 0.2) is 0 Å². The molecule has 1 aliphatic heterocycles. The van der Waals surface area contributed by atoms with Gasteiger partial charge < -0.3 is 9.80 Å². The van der Waals surface area contributed by atoms with Gasteiger partial charge in [0.05, 0.1) is 6.54 Å². The summed E-state index contributed by atoms with van der Waals surface area (Å²) in [7, 11) is 1.99. The first-order valence-electron chi connectivity index (χ1n) is 10.5. The van der Waals surface area contributed by atoms with E-state index in [-0.39, 0.29) is 5.91 Å². The van der Waals surface area contributed by atoms with Crippen molar-refractivity contribution in [3.63, 3.8) is 0 Å². The third kappa shape index (κ3) is 5.18. The predicted octanol–water partition coefficient (Wildman–Crippen LogP) is 2.82. The Morgan fingerprint density at radius 1 is 1.15 bits per heavy atom. The highest BCUT2D eigenvalue weighted by atomic mass is 16.2. The smallest absolute Gasteiger partial charge is 0.236 e. The Bertz CT molecular complexity index is 633. The highest BCUT2D eigenvalue weighted by Crippen LogP contribution is 2.22. The van der Waals surface area contributed by atoms with E-state index in [1.165, 1.54) is 32.1 Å². The van der Waals surface area contributed by atoms with E-state index in [0.29, 0.717) is 18.5 Å². The maximum Gasteiger partial charge on any atom is 0.236 e. The molecule has 1 saturated carbocycles. The maximum atomic E-state index is 12.7. The second-order valence-corrected chi connectivity index (χ2v) is 8.44. The van der Waals surface area contributed by atoms with Crippen LogP contribution in [0.4, 0.5) is 5.82 Å². The Hall–Kier alpha value is -1.69. The van der Waals surface area contributed by atoms with E-state index in [1.807, 2.05) is 18.9 Å². The minimum absolute atomic E-state index is 0.273. The van der Waals surface area contributed by atoms with Crippen LogP contribution >= 0.6 is 0 Å². The lowest BCUT2D eigenvalue weighted by atomic mass is 9.94. The number of rotatable bonds is 5. The zero-order chi connectivity index (χ0) is 19.4. The number of carbonyl (C=O) groups is 1. The molecule has 0 unspecified atom stereocenters. The third-order valence-electron chi connectivity index (χ3n) is 5.95. The van der Waals surface area contributed by atoms with Crippen LogP contribution in [0.2, 0.25) is 0 Å². The lowest BCUT2D eigenvalue weighted by molar-refractivity contribution is -0.133. The van der Waals surface area contributed by atoms with Crippen molar-refractivity contribution in [3.8, 4) is 0 Å². The first-order chi connectivity index (χ1) is 12.9. The zero-order valence-electron chi connectivity index (χ0n) is 17.4. The highest BCUT2D eigenvalue weighted by molar-refractivity contribution is 5.78. The van der Waals surface area contributed by atoms with Crippen LogP contribution in [-0.2, 0) is 4.79 Å². The molecule has 0 radical (unpaired) electrons. The lowest BCUT2D eigenvalue weighted by Gasteiger charge is -2.37. The Morgan fingerprint density at radius 3 is 2.44 bits per heavy atom. The van der Waals surface area contributed by atoms with E-state index in [1.54, 1.807) is 0 Å². The van der Waals surface area contributed by atoms with Crippen LogP contribution in [-0.4, -0.2) is 71.5 Å². The fraction of sp³-hybridized carbons (Fsp3) is 0.762. The summed E-state index contributed by atoms with van der Waals surface area (Å²) in [5.74, 6) is 2.54. The van der Waals surface area contributed by atoms with E-state index in [2.05, 4.69) is 34.7 Å². The summed E-state index contributed by atoms with van der Waals surface area (Å²) in [5, 5.41) is 0. The molecular weight excluding hydrogens is 338 g/mol. The molecule has 27 heavy (non-hydrogen) atoms. The number of nitrogens with zero attached hydrogens (tertiary/aromatic N) is 5. The van der Waals surface area contributed by atoms with Gasteiger partial charge in [-0.25, -0.2) is 9.97 Å². The van der Waals surface area contributed by atoms with E-state index in [9.17, 15) is 4.79 Å². The standard InChI is InChI=1S/C21H35N5O/c1-16(2)21-22-17(3)14-19(23-21)26-12-10-25(11-13-26)15-20(27)24(4)18-8-6-5-7-9-18/h14,16,18H,5-13,15H2,1-4H3. The van der Waals surface area contributed by atoms with Crippen molar-refractivity contribution in [2.75, 3.05) is 44.7 Å². The molecular formula is C21H35N5O. The minimum Gasteiger partial charge on any atom is -0.354 e. The summed E-state index contributed by atoms with van der Waals surface area (Å²) in [6, 6.07) is 2.52. The fourth-order valence-electron chi connectivity index (χ4n) is 4.10. The van der Waals surface area contributed by atoms with Crippen LogP contribution in [0, 0.1) is 6.92 Å². The van der Waals surface area contributed by atoms with Crippen molar-refractivity contribution >= 4 is 11.7 Å². The van der Waals surface area contributed by atoms with E-state index in [4.69, 9.17) is 4.98 Å². The normalized spacial score (nSPS) is 19.5. The van der Waals surface area contributed by atoms with Crippen LogP contribution in [0.25, 0.3) is 0 Å². The second-order valence-electron chi connectivity index (χ2n) is 8.44. The van der Waals surface area contributed by atoms with E-state index < -0.39 is 0 Å². The predicted molar refractivity (Wildman–Crippen MR) is 109 cm³/mol. The quantitative estimate of drug-likeness (QED) is 0.794. The molecule has 2 aliphatic rings. The molecule has 1 aromatic heterocycles. The molecule has 0 atom stereocenters. The Balaban J connectivity index is 1.52. The molecule has 3 rings (SSSR count). The van der Waals surface area contributed by atoms with Gasteiger partial charge in [-0.05, 0) is 19.8 Å². The number of likely N-dealkylation sites (N-methyl/N-ethyl adjacent to an activating group) is 1. The molecule has 0 bridgehead atoms. The van der Waals surface area contributed by atoms with Gasteiger partial charge in [-0.3, -0.25) is 9.69 Å². The van der Waals surface area contributed by atoms with Crippen LogP contribution in [0.5, 0.6) is 0 Å². The van der Waals surface area contributed by atoms with Gasteiger partial charge in [0.1, 0.15) is 11.6 Å². The van der Waals surface area contributed by atoms with Gasteiger partial charge in [0.25, 0.3) is 0 Å². The average molecular weight is 374 g/mol. The van der Waals surface area contributed by atoms with Crippen LogP contribution in [0.3, 0.4) is 0 Å². The monoisotopic (exact) mass is 373 g/mol. The van der Waals surface area contributed by atoms with E-state index in [0.717, 1.165) is 43.5 Å². The summed E-state index contributed by atoms with van der Waals surface area (Å²) >= 11 is 0. The SMILES string of the molecule is Cc1cc(N2CCN(CC(=O)N(C)C3CCCCC3)CC2)nc(C(C)C)n1. The molecule has 1 amide bonds. The van der Waals surface area contributed by atoms with Gasteiger partial charge in [0, 0.05) is 56.9 Å². The molecule has 150 valence electrons. The Labute approximate surface area is 164 Å². The number of piperazine rings is 1.